The number of benzene rings is 3. The van der Waals surface area contributed by atoms with E-state index >= 15 is 0 Å². The second-order valence-electron chi connectivity index (χ2n) is 24.0. The number of carbonyl (C=O) groups is 5. The van der Waals surface area contributed by atoms with Crippen molar-refractivity contribution in [2.45, 2.75) is 163 Å². The van der Waals surface area contributed by atoms with Gasteiger partial charge in [-0.3, -0.25) is 33.7 Å². The van der Waals surface area contributed by atoms with E-state index < -0.39 is 23.6 Å². The van der Waals surface area contributed by atoms with Crippen LogP contribution in [0.1, 0.15) is 141 Å². The Balaban J connectivity index is 0.753. The van der Waals surface area contributed by atoms with E-state index in [1.165, 1.54) is 10.5 Å². The summed E-state index contributed by atoms with van der Waals surface area (Å²) in [7, 11) is 0. The molecule has 18 heteroatoms. The van der Waals surface area contributed by atoms with Gasteiger partial charge in [-0.05, 0) is 123 Å². The summed E-state index contributed by atoms with van der Waals surface area (Å²) in [4.78, 5) is 97.6. The van der Waals surface area contributed by atoms with E-state index in [1.54, 1.807) is 11.3 Å². The molecule has 2 aromatic heterocycles. The third-order valence-corrected chi connectivity index (χ3v) is 17.7. The Kier molecular flexibility index (Phi) is 21.6. The Labute approximate surface area is 494 Å². The van der Waals surface area contributed by atoms with Crippen LogP contribution >= 0.6 is 11.3 Å². The molecule has 0 spiro atoms. The lowest BCUT2D eigenvalue weighted by Crippen LogP contribution is -2.57. The van der Waals surface area contributed by atoms with Gasteiger partial charge in [0.1, 0.15) is 12.1 Å². The van der Waals surface area contributed by atoms with Gasteiger partial charge in [0.25, 0.3) is 11.5 Å². The number of aromatic nitrogens is 2. The number of aliphatic hydroxyl groups excluding tert-OH is 1. The van der Waals surface area contributed by atoms with Crippen molar-refractivity contribution in [1.29, 1.82) is 0 Å². The number of unbranched alkanes of at least 4 members (excludes halogenated alkanes) is 4. The molecule has 0 aliphatic carbocycles. The van der Waals surface area contributed by atoms with Crippen LogP contribution in [0.25, 0.3) is 21.6 Å². The predicted molar refractivity (Wildman–Crippen MR) is 327 cm³/mol. The van der Waals surface area contributed by atoms with E-state index in [0.717, 1.165) is 120 Å². The lowest BCUT2D eigenvalue weighted by atomic mass is 9.85. The molecule has 5 amide bonds. The number of β-amino-alcohol motifs (C(OH)–C–C–N with tert-alkyl or cyclic N) is 1. The number of nitrogens with zero attached hydrogens (tertiary/aromatic N) is 5. The normalized spacial score (nSPS) is 17.3. The maximum atomic E-state index is 14.1. The fourth-order valence-corrected chi connectivity index (χ4v) is 12.7. The lowest BCUT2D eigenvalue weighted by molar-refractivity contribution is -0.144. The number of piperazine rings is 1. The first-order valence-electron chi connectivity index (χ1n) is 29.9. The van der Waals surface area contributed by atoms with Gasteiger partial charge in [0.05, 0.1) is 22.2 Å². The molecule has 3 aromatic carbocycles. The molecule has 3 saturated heterocycles. The van der Waals surface area contributed by atoms with Gasteiger partial charge in [-0.2, -0.15) is 0 Å². The number of amides is 5. The highest BCUT2D eigenvalue weighted by atomic mass is 32.1. The standard InChI is InChI=1S/C65H87N9O8S/c1-9-73(51-25-31-82-32-26-51)55-35-50(34-53(44(55)4)61(78)67-38-54-42(2)33-43(3)69-62(54)79)48-21-19-47(20-22-48)39-71-27-29-72(30-28-71)58(77)16-14-12-10-11-13-15-57(76)70-60(65(6,7)8)64(81)74-40-52(75)36-56(74)63(80)66-37-46-17-23-49(24-18-46)59-45(5)68-41-83-59/h17-24,33-35,41,51-52,56,60,75H,9-16,25-32,36-40H2,1-8H3,(H,66,80)(H,67,78)(H,69,79)(H,70,76)/t52-,56+,60-/m1/s1. The highest BCUT2D eigenvalue weighted by Crippen LogP contribution is 2.35. The number of pyridine rings is 1. The summed E-state index contributed by atoms with van der Waals surface area (Å²) in [6.45, 7) is 21.8. The second kappa shape index (κ2) is 28.7. The summed E-state index contributed by atoms with van der Waals surface area (Å²) in [5, 5.41) is 19.6. The van der Waals surface area contributed by atoms with E-state index in [-0.39, 0.29) is 67.6 Å². The summed E-state index contributed by atoms with van der Waals surface area (Å²) < 4.78 is 5.71. The predicted octanol–water partition coefficient (Wildman–Crippen LogP) is 8.52. The number of hydrogen-bond donors (Lipinski definition) is 5. The molecule has 3 fully saturated rings. The van der Waals surface area contributed by atoms with Crippen LogP contribution in [0.15, 0.2) is 77.0 Å². The molecule has 0 saturated carbocycles. The molecule has 83 heavy (non-hydrogen) atoms. The van der Waals surface area contributed by atoms with Crippen LogP contribution in [0.4, 0.5) is 5.69 Å². The largest absolute Gasteiger partial charge is 0.391 e. The number of likely N-dealkylation sites (tertiary alicyclic amines) is 1. The van der Waals surface area contributed by atoms with Gasteiger partial charge in [0.15, 0.2) is 0 Å². The van der Waals surface area contributed by atoms with Crippen molar-refractivity contribution in [3.8, 4) is 21.6 Å². The summed E-state index contributed by atoms with van der Waals surface area (Å²) in [6.07, 6.45) is 5.86. The van der Waals surface area contributed by atoms with Gasteiger partial charge in [-0.25, -0.2) is 4.98 Å². The van der Waals surface area contributed by atoms with Crippen molar-refractivity contribution in [3.63, 3.8) is 0 Å². The Morgan fingerprint density at radius 3 is 2.13 bits per heavy atom. The number of thiazole rings is 1. The molecule has 5 N–H and O–H groups in total. The van der Waals surface area contributed by atoms with E-state index in [9.17, 15) is 33.9 Å². The molecular weight excluding hydrogens is 1070 g/mol. The van der Waals surface area contributed by atoms with Gasteiger partial charge in [-0.1, -0.05) is 88.6 Å². The molecule has 8 rings (SSSR count). The monoisotopic (exact) mass is 1150 g/mol. The maximum Gasteiger partial charge on any atom is 0.253 e. The zero-order valence-corrected chi connectivity index (χ0v) is 50.9. The number of H-pyrrole nitrogens is 1. The first kappa shape index (κ1) is 62.3. The van der Waals surface area contributed by atoms with Crippen LogP contribution in [0, 0.1) is 33.1 Å². The van der Waals surface area contributed by atoms with Crippen LogP contribution in [-0.2, 0) is 43.5 Å². The van der Waals surface area contributed by atoms with Crippen LogP contribution in [0.5, 0.6) is 0 Å². The van der Waals surface area contributed by atoms with Crippen LogP contribution in [0.3, 0.4) is 0 Å². The zero-order chi connectivity index (χ0) is 59.4. The summed E-state index contributed by atoms with van der Waals surface area (Å²) >= 11 is 1.58. The number of anilines is 1. The number of aliphatic hydroxyl groups is 1. The molecule has 3 atom stereocenters. The SMILES string of the molecule is CCN(c1cc(-c2ccc(CN3CCN(C(=O)CCCCCCCC(=O)N[C@H](C(=O)N4C[C@H](O)C[C@H]4C(=O)NCc4ccc(-c5scnc5C)cc4)C(C)(C)C)CC3)cc2)cc(C(=O)NCc2c(C)cc(C)[nH]c2=O)c1C)C1CCOCC1. The van der Waals surface area contributed by atoms with Gasteiger partial charge >= 0.3 is 0 Å². The molecule has 3 aliphatic rings. The average Bonchev–Trinajstić information content (AvgIpc) is 4.29. The Morgan fingerprint density at radius 2 is 1.48 bits per heavy atom. The number of ether oxygens (including phenoxy) is 1. The van der Waals surface area contributed by atoms with Crippen LogP contribution in [0.2, 0.25) is 0 Å². The molecular formula is C65H87N9O8S. The van der Waals surface area contributed by atoms with Gasteiger partial charge in [-0.15, -0.1) is 11.3 Å². The Hall–Kier alpha value is -6.73. The molecule has 17 nitrogen and oxygen atoms in total. The number of rotatable bonds is 23. The van der Waals surface area contributed by atoms with Crippen molar-refractivity contribution >= 4 is 46.6 Å². The van der Waals surface area contributed by atoms with E-state index in [1.807, 2.05) is 95.3 Å². The van der Waals surface area contributed by atoms with Crippen molar-refractivity contribution < 1.29 is 33.8 Å². The lowest BCUT2D eigenvalue weighted by Gasteiger charge is -2.37. The number of aryl methyl sites for hydroxylation is 3. The average molecular weight is 1150 g/mol. The topological polar surface area (TPSA) is 210 Å². The zero-order valence-electron chi connectivity index (χ0n) is 50.0. The molecule has 0 radical (unpaired) electrons. The second-order valence-corrected chi connectivity index (χ2v) is 24.8. The quantitative estimate of drug-likeness (QED) is 0.0392. The summed E-state index contributed by atoms with van der Waals surface area (Å²) in [5.41, 5.74) is 11.7. The number of aromatic amines is 1. The van der Waals surface area contributed by atoms with Crippen LogP contribution in [-0.4, -0.2) is 136 Å². The number of nitrogens with one attached hydrogen (secondary N) is 4. The van der Waals surface area contributed by atoms with Gasteiger partial charge < -0.3 is 45.5 Å². The number of hydrogen-bond acceptors (Lipinski definition) is 12. The first-order chi connectivity index (χ1) is 39.8. The summed E-state index contributed by atoms with van der Waals surface area (Å²) in [6, 6.07) is 21.1. The molecule has 5 heterocycles. The Morgan fingerprint density at radius 1 is 0.819 bits per heavy atom. The first-order valence-corrected chi connectivity index (χ1v) is 30.8. The summed E-state index contributed by atoms with van der Waals surface area (Å²) in [5.74, 6) is -1.01. The van der Waals surface area contributed by atoms with Crippen LogP contribution < -0.4 is 26.4 Å². The van der Waals surface area contributed by atoms with E-state index in [4.69, 9.17) is 4.74 Å². The van der Waals surface area contributed by atoms with Gasteiger partial charge in [0, 0.05) is 120 Å². The van der Waals surface area contributed by atoms with Crippen molar-refractivity contribution in [2.75, 3.05) is 57.4 Å². The smallest absolute Gasteiger partial charge is 0.253 e. The third-order valence-electron chi connectivity index (χ3n) is 16.8. The van der Waals surface area contributed by atoms with Crippen molar-refractivity contribution in [3.05, 3.63) is 127 Å². The molecule has 446 valence electrons. The van der Waals surface area contributed by atoms with Crippen molar-refractivity contribution in [2.24, 2.45) is 5.41 Å². The fourth-order valence-electron chi connectivity index (χ4n) is 11.9. The molecule has 0 unspecified atom stereocenters. The molecule has 3 aliphatic heterocycles. The minimum atomic E-state index is -0.883. The highest BCUT2D eigenvalue weighted by molar-refractivity contribution is 7.13. The molecule has 5 aromatic rings. The van der Waals surface area contributed by atoms with E-state index in [0.29, 0.717) is 56.3 Å². The van der Waals surface area contributed by atoms with Gasteiger partial charge in [0.2, 0.25) is 23.6 Å². The minimum Gasteiger partial charge on any atom is -0.391 e. The highest BCUT2D eigenvalue weighted by Gasteiger charge is 2.44. The fraction of sp³-hybridized carbons (Fsp3) is 0.523. The Bertz CT molecular complexity index is 3100. The molecule has 0 bridgehead atoms. The third kappa shape index (κ3) is 16.3. The number of carbonyl (C=O) groups excluding carboxylic acids is 5. The van der Waals surface area contributed by atoms with E-state index in [2.05, 4.69) is 73.0 Å². The van der Waals surface area contributed by atoms with Crippen molar-refractivity contribution in [1.82, 2.24) is 40.6 Å². The minimum absolute atomic E-state index is 0.0142. The maximum absolute atomic E-state index is 14.1.